The number of hydrogen-bond acceptors (Lipinski definition) is 4. The number of pyridine rings is 1. The van der Waals surface area contributed by atoms with Crippen molar-refractivity contribution in [3.05, 3.63) is 36.0 Å². The van der Waals surface area contributed by atoms with E-state index in [1.807, 2.05) is 24.0 Å². The van der Waals surface area contributed by atoms with Crippen molar-refractivity contribution in [2.45, 2.75) is 33.1 Å². The Bertz CT molecular complexity index is 651. The minimum atomic E-state index is 0.140. The highest BCUT2D eigenvalue weighted by atomic mass is 16.4. The van der Waals surface area contributed by atoms with Gasteiger partial charge < -0.3 is 9.32 Å². The average Bonchev–Trinajstić information content (AvgIpc) is 2.89. The van der Waals surface area contributed by atoms with E-state index in [9.17, 15) is 4.79 Å². The molecule has 3 heterocycles. The van der Waals surface area contributed by atoms with Crippen molar-refractivity contribution in [2.75, 3.05) is 13.1 Å². The molecule has 0 saturated carbocycles. The van der Waals surface area contributed by atoms with E-state index in [-0.39, 0.29) is 5.91 Å². The summed E-state index contributed by atoms with van der Waals surface area (Å²) in [6.45, 7) is 5.76. The van der Waals surface area contributed by atoms with Crippen molar-refractivity contribution in [2.24, 2.45) is 5.92 Å². The monoisotopic (exact) mass is 299 g/mol. The van der Waals surface area contributed by atoms with Gasteiger partial charge in [-0.1, -0.05) is 6.92 Å². The van der Waals surface area contributed by atoms with Crippen molar-refractivity contribution in [1.29, 1.82) is 0 Å². The zero-order chi connectivity index (χ0) is 15.5. The van der Waals surface area contributed by atoms with Gasteiger partial charge in [0, 0.05) is 25.5 Å². The minimum absolute atomic E-state index is 0.140. The summed E-state index contributed by atoms with van der Waals surface area (Å²) in [5, 5.41) is 0. The van der Waals surface area contributed by atoms with Crippen molar-refractivity contribution in [3.63, 3.8) is 0 Å². The molecule has 1 saturated heterocycles. The Morgan fingerprint density at radius 2 is 2.36 bits per heavy atom. The van der Waals surface area contributed by atoms with Gasteiger partial charge in [0.2, 0.25) is 11.8 Å². The number of carbonyl (C=O) groups excluding carboxylic acids is 1. The molecule has 22 heavy (non-hydrogen) atoms. The summed E-state index contributed by atoms with van der Waals surface area (Å²) in [5.74, 6) is 1.96. The van der Waals surface area contributed by atoms with Crippen LogP contribution in [0.5, 0.6) is 0 Å². The number of amides is 1. The summed E-state index contributed by atoms with van der Waals surface area (Å²) in [6.07, 6.45) is 6.02. The van der Waals surface area contributed by atoms with Crippen LogP contribution in [0.1, 0.15) is 31.2 Å². The van der Waals surface area contributed by atoms with Crippen LogP contribution in [0.4, 0.5) is 0 Å². The first kappa shape index (κ1) is 14.8. The third-order valence-electron chi connectivity index (χ3n) is 4.13. The Kier molecular flexibility index (Phi) is 4.22. The zero-order valence-electron chi connectivity index (χ0n) is 13.1. The van der Waals surface area contributed by atoms with Gasteiger partial charge in [0.1, 0.15) is 5.76 Å². The molecule has 2 aromatic heterocycles. The zero-order valence-corrected chi connectivity index (χ0v) is 13.1. The van der Waals surface area contributed by atoms with Gasteiger partial charge in [0.05, 0.1) is 17.7 Å². The van der Waals surface area contributed by atoms with Gasteiger partial charge in [-0.25, -0.2) is 4.98 Å². The number of aromatic nitrogens is 2. The second-order valence-electron chi connectivity index (χ2n) is 6.03. The van der Waals surface area contributed by atoms with Gasteiger partial charge >= 0.3 is 0 Å². The first-order chi connectivity index (χ1) is 10.6. The lowest BCUT2D eigenvalue weighted by molar-refractivity contribution is -0.132. The molecule has 0 aromatic carbocycles. The fourth-order valence-corrected chi connectivity index (χ4v) is 2.88. The maximum atomic E-state index is 12.4. The third kappa shape index (κ3) is 3.18. The fraction of sp³-hybridized carbons (Fsp3) is 0.471. The second-order valence-corrected chi connectivity index (χ2v) is 6.03. The number of carbonyl (C=O) groups is 1. The molecule has 1 fully saturated rings. The number of hydrogen-bond donors (Lipinski definition) is 0. The molecule has 0 bridgehead atoms. The molecule has 5 heteroatoms. The lowest BCUT2D eigenvalue weighted by atomic mass is 10.00. The molecular weight excluding hydrogens is 278 g/mol. The Labute approximate surface area is 130 Å². The average molecular weight is 299 g/mol. The Balaban J connectivity index is 1.73. The molecule has 1 aliphatic heterocycles. The molecule has 3 rings (SSSR count). The molecule has 1 aliphatic rings. The van der Waals surface area contributed by atoms with Crippen LogP contribution in [-0.2, 0) is 11.2 Å². The van der Waals surface area contributed by atoms with E-state index in [1.165, 1.54) is 6.42 Å². The lowest BCUT2D eigenvalue weighted by Gasteiger charge is -2.30. The van der Waals surface area contributed by atoms with Gasteiger partial charge in [0.25, 0.3) is 0 Å². The molecule has 0 spiro atoms. The van der Waals surface area contributed by atoms with E-state index in [2.05, 4.69) is 16.9 Å². The number of piperidine rings is 1. The Morgan fingerprint density at radius 1 is 1.50 bits per heavy atom. The first-order valence-corrected chi connectivity index (χ1v) is 7.78. The van der Waals surface area contributed by atoms with Crippen LogP contribution in [-0.4, -0.2) is 33.9 Å². The fourth-order valence-electron chi connectivity index (χ4n) is 2.88. The van der Waals surface area contributed by atoms with E-state index >= 15 is 0 Å². The number of aryl methyl sites for hydroxylation is 1. The standard InChI is InChI=1S/C17H21N3O2/c1-12-5-4-8-20(11-12)16(21)9-15-13(2)22-17(19-15)14-6-3-7-18-10-14/h3,6-7,10,12H,4-5,8-9,11H2,1-2H3. The highest BCUT2D eigenvalue weighted by Gasteiger charge is 2.23. The van der Waals surface area contributed by atoms with Crippen molar-refractivity contribution < 1.29 is 9.21 Å². The maximum absolute atomic E-state index is 12.4. The number of oxazole rings is 1. The third-order valence-corrected chi connectivity index (χ3v) is 4.13. The van der Waals surface area contributed by atoms with Crippen LogP contribution in [0, 0.1) is 12.8 Å². The van der Waals surface area contributed by atoms with Crippen LogP contribution in [0.2, 0.25) is 0 Å². The van der Waals surface area contributed by atoms with Crippen LogP contribution in [0.3, 0.4) is 0 Å². The predicted octanol–water partition coefficient (Wildman–Crippen LogP) is 2.85. The highest BCUT2D eigenvalue weighted by molar-refractivity contribution is 5.78. The molecule has 5 nitrogen and oxygen atoms in total. The normalized spacial score (nSPS) is 18.5. The van der Waals surface area contributed by atoms with Crippen LogP contribution >= 0.6 is 0 Å². The summed E-state index contributed by atoms with van der Waals surface area (Å²) in [5.41, 5.74) is 1.55. The topological polar surface area (TPSA) is 59.2 Å². The van der Waals surface area contributed by atoms with Gasteiger partial charge in [-0.15, -0.1) is 0 Å². The SMILES string of the molecule is Cc1oc(-c2cccnc2)nc1CC(=O)N1CCCC(C)C1. The smallest absolute Gasteiger partial charge is 0.228 e. The van der Waals surface area contributed by atoms with Crippen molar-refractivity contribution in [3.8, 4) is 11.5 Å². The Morgan fingerprint density at radius 3 is 3.09 bits per heavy atom. The van der Waals surface area contributed by atoms with Crippen LogP contribution in [0.15, 0.2) is 28.9 Å². The van der Waals surface area contributed by atoms with E-state index in [4.69, 9.17) is 4.42 Å². The van der Waals surface area contributed by atoms with Crippen molar-refractivity contribution in [1.82, 2.24) is 14.9 Å². The molecule has 0 radical (unpaired) electrons. The van der Waals surface area contributed by atoms with Crippen LogP contribution in [0.25, 0.3) is 11.5 Å². The molecule has 1 atom stereocenters. The summed E-state index contributed by atoms with van der Waals surface area (Å²) >= 11 is 0. The molecular formula is C17H21N3O2. The summed E-state index contributed by atoms with van der Waals surface area (Å²) in [4.78, 5) is 22.9. The van der Waals surface area contributed by atoms with Gasteiger partial charge in [-0.2, -0.15) is 0 Å². The number of nitrogens with zero attached hydrogens (tertiary/aromatic N) is 3. The van der Waals surface area contributed by atoms with Gasteiger partial charge in [0.15, 0.2) is 0 Å². The van der Waals surface area contributed by atoms with Gasteiger partial charge in [-0.3, -0.25) is 9.78 Å². The maximum Gasteiger partial charge on any atom is 0.228 e. The largest absolute Gasteiger partial charge is 0.441 e. The summed E-state index contributed by atoms with van der Waals surface area (Å²) in [7, 11) is 0. The first-order valence-electron chi connectivity index (χ1n) is 7.78. The molecule has 1 amide bonds. The van der Waals surface area contributed by atoms with Gasteiger partial charge in [-0.05, 0) is 37.8 Å². The quantitative estimate of drug-likeness (QED) is 0.874. The van der Waals surface area contributed by atoms with E-state index < -0.39 is 0 Å². The Hall–Kier alpha value is -2.17. The minimum Gasteiger partial charge on any atom is -0.441 e. The lowest BCUT2D eigenvalue weighted by Crippen LogP contribution is -2.40. The summed E-state index contributed by atoms with van der Waals surface area (Å²) in [6, 6.07) is 3.74. The molecule has 0 N–H and O–H groups in total. The molecule has 0 aliphatic carbocycles. The van der Waals surface area contributed by atoms with Crippen LogP contribution < -0.4 is 0 Å². The highest BCUT2D eigenvalue weighted by Crippen LogP contribution is 2.22. The van der Waals surface area contributed by atoms with E-state index in [0.29, 0.717) is 24.0 Å². The number of likely N-dealkylation sites (tertiary alicyclic amines) is 1. The predicted molar refractivity (Wildman–Crippen MR) is 83.2 cm³/mol. The van der Waals surface area contributed by atoms with E-state index in [0.717, 1.165) is 30.8 Å². The molecule has 116 valence electrons. The van der Waals surface area contributed by atoms with E-state index in [1.54, 1.807) is 12.4 Å². The molecule has 1 unspecified atom stereocenters. The second kappa shape index (κ2) is 6.30. The summed E-state index contributed by atoms with van der Waals surface area (Å²) < 4.78 is 5.69. The number of rotatable bonds is 3. The molecule has 2 aromatic rings. The van der Waals surface area contributed by atoms with Crippen molar-refractivity contribution >= 4 is 5.91 Å².